The summed E-state index contributed by atoms with van der Waals surface area (Å²) in [6.45, 7) is 5.52. The summed E-state index contributed by atoms with van der Waals surface area (Å²) in [6.07, 6.45) is 3.73. The molecule has 0 bridgehead atoms. The zero-order valence-electron chi connectivity index (χ0n) is 31.0. The molecule has 14 heteroatoms. The van der Waals surface area contributed by atoms with E-state index < -0.39 is 6.10 Å². The summed E-state index contributed by atoms with van der Waals surface area (Å²) in [6, 6.07) is 16.8. The van der Waals surface area contributed by atoms with Crippen molar-refractivity contribution in [3.05, 3.63) is 107 Å². The van der Waals surface area contributed by atoms with E-state index in [0.717, 1.165) is 82.7 Å². The Labute approximate surface area is 326 Å². The van der Waals surface area contributed by atoms with Gasteiger partial charge in [-0.3, -0.25) is 9.59 Å². The number of aliphatic hydroxyl groups excluding tert-OH is 1. The van der Waals surface area contributed by atoms with E-state index >= 15 is 0 Å². The van der Waals surface area contributed by atoms with Crippen molar-refractivity contribution in [3.63, 3.8) is 0 Å². The summed E-state index contributed by atoms with van der Waals surface area (Å²) in [7, 11) is 2.19. The number of carbonyl (C=O) groups excluding carboxylic acids is 1. The van der Waals surface area contributed by atoms with Gasteiger partial charge in [0.25, 0.3) is 0 Å². The lowest BCUT2D eigenvalue weighted by molar-refractivity contribution is -0.151. The van der Waals surface area contributed by atoms with Gasteiger partial charge in [0.1, 0.15) is 23.3 Å². The van der Waals surface area contributed by atoms with E-state index in [9.17, 15) is 19.8 Å². The fourth-order valence-corrected chi connectivity index (χ4v) is 10.0. The third-order valence-corrected chi connectivity index (χ3v) is 13.1. The summed E-state index contributed by atoms with van der Waals surface area (Å²) in [4.78, 5) is 33.6. The van der Waals surface area contributed by atoms with Gasteiger partial charge in [-0.2, -0.15) is 0 Å². The summed E-state index contributed by atoms with van der Waals surface area (Å²) >= 11 is 3.27. The van der Waals surface area contributed by atoms with E-state index in [4.69, 9.17) is 9.47 Å². The van der Waals surface area contributed by atoms with Crippen LogP contribution in [0.2, 0.25) is 0 Å². The third kappa shape index (κ3) is 7.98. The second-order valence-corrected chi connectivity index (χ2v) is 17.0. The van der Waals surface area contributed by atoms with Crippen molar-refractivity contribution >= 4 is 50.6 Å². The molecule has 1 aliphatic carbocycles. The average Bonchev–Trinajstić information content (AvgIpc) is 4.01. The van der Waals surface area contributed by atoms with Gasteiger partial charge in [-0.25, -0.2) is 4.68 Å². The number of esters is 1. The van der Waals surface area contributed by atoms with Crippen LogP contribution >= 0.6 is 22.7 Å². The number of benzene rings is 2. The number of aryl methyl sites for hydroxylation is 2. The molecule has 8 rings (SSSR count). The maximum atomic E-state index is 13.5. The van der Waals surface area contributed by atoms with Crippen LogP contribution in [0.3, 0.4) is 0 Å². The van der Waals surface area contributed by atoms with Crippen LogP contribution in [-0.4, -0.2) is 73.3 Å². The first-order valence-corrected chi connectivity index (χ1v) is 20.6. The summed E-state index contributed by atoms with van der Waals surface area (Å²) in [5.74, 6) is -0.528. The lowest BCUT2D eigenvalue weighted by atomic mass is 9.91. The predicted molar refractivity (Wildman–Crippen MR) is 214 cm³/mol. The highest BCUT2D eigenvalue weighted by Gasteiger charge is 2.32. The topological polar surface area (TPSA) is 155 Å². The van der Waals surface area contributed by atoms with Crippen LogP contribution in [-0.2, 0) is 40.6 Å². The van der Waals surface area contributed by atoms with Crippen molar-refractivity contribution in [2.45, 2.75) is 89.5 Å². The van der Waals surface area contributed by atoms with Crippen molar-refractivity contribution in [1.29, 1.82) is 0 Å². The number of aliphatic hydroxyl groups is 1. The fraction of sp³-hybridized carbons (Fsp3) is 0.415. The number of pyridine rings is 1. The molecular formula is C41H46N6O6S2. The van der Waals surface area contributed by atoms with Gasteiger partial charge < -0.3 is 34.9 Å². The number of aromatic amines is 1. The number of H-pyrrole nitrogens is 1. The van der Waals surface area contributed by atoms with Gasteiger partial charge >= 0.3 is 5.97 Å². The smallest absolute Gasteiger partial charge is 0.319 e. The molecule has 1 aliphatic heterocycles. The highest BCUT2D eigenvalue weighted by atomic mass is 32.1. The van der Waals surface area contributed by atoms with E-state index in [-0.39, 0.29) is 35.8 Å². The summed E-state index contributed by atoms with van der Waals surface area (Å²) in [5, 5.41) is 36.3. The minimum Gasteiger partial charge on any atom is -0.506 e. The molecule has 0 amide bonds. The molecule has 0 spiro atoms. The van der Waals surface area contributed by atoms with Gasteiger partial charge in [0.15, 0.2) is 0 Å². The van der Waals surface area contributed by atoms with E-state index in [1.807, 2.05) is 22.2 Å². The van der Waals surface area contributed by atoms with Gasteiger partial charge in [-0.15, -0.1) is 27.8 Å². The molecule has 0 radical (unpaired) electrons. The van der Waals surface area contributed by atoms with Gasteiger partial charge in [-0.05, 0) is 111 Å². The number of nitrogens with one attached hydrogen (secondary N) is 2. The second-order valence-electron chi connectivity index (χ2n) is 14.7. The van der Waals surface area contributed by atoms with Crippen molar-refractivity contribution in [3.8, 4) is 5.75 Å². The summed E-state index contributed by atoms with van der Waals surface area (Å²) < 4.78 is 14.1. The minimum atomic E-state index is -0.858. The Morgan fingerprint density at radius 1 is 1.11 bits per heavy atom. The SMILES string of the molecule is Cc1ccc(C(C(=O)O[C@H]2CC[C@H](N(C)CCCn3nnc4cc(CNC[C@H](O)c5ccc(O)c6[nH]c(=O)ccc56)c5c(c43)COC5)CC2)c2cccs2)s1. The monoisotopic (exact) mass is 782 g/mol. The second kappa shape index (κ2) is 16.3. The highest BCUT2D eigenvalue weighted by Crippen LogP contribution is 2.36. The fourth-order valence-electron chi connectivity index (χ4n) is 8.16. The van der Waals surface area contributed by atoms with Crippen molar-refractivity contribution in [1.82, 2.24) is 30.2 Å². The Morgan fingerprint density at radius 2 is 1.95 bits per heavy atom. The van der Waals surface area contributed by atoms with E-state index in [2.05, 4.69) is 57.7 Å². The number of phenols is 1. The van der Waals surface area contributed by atoms with Crippen LogP contribution in [0.25, 0.3) is 21.9 Å². The zero-order chi connectivity index (χ0) is 38.1. The number of hydrogen-bond donors (Lipinski definition) is 4. The largest absolute Gasteiger partial charge is 0.506 e. The van der Waals surface area contributed by atoms with Crippen molar-refractivity contribution in [2.24, 2.45) is 0 Å². The lowest BCUT2D eigenvalue weighted by Gasteiger charge is -2.34. The minimum absolute atomic E-state index is 0.0387. The summed E-state index contributed by atoms with van der Waals surface area (Å²) in [5.41, 5.74) is 5.76. The van der Waals surface area contributed by atoms with Crippen LogP contribution in [0, 0.1) is 6.92 Å². The third-order valence-electron chi connectivity index (χ3n) is 11.1. The average molecular weight is 783 g/mol. The Bertz CT molecular complexity index is 2340. The van der Waals surface area contributed by atoms with Gasteiger partial charge in [-0.1, -0.05) is 17.3 Å². The number of nitrogens with zero attached hydrogens (tertiary/aromatic N) is 4. The van der Waals surface area contributed by atoms with Gasteiger partial charge in [0.2, 0.25) is 5.56 Å². The Balaban J connectivity index is 0.837. The van der Waals surface area contributed by atoms with E-state index in [1.54, 1.807) is 34.8 Å². The van der Waals surface area contributed by atoms with Crippen LogP contribution < -0.4 is 10.9 Å². The Morgan fingerprint density at radius 3 is 2.73 bits per heavy atom. The van der Waals surface area contributed by atoms with Crippen LogP contribution in [0.4, 0.5) is 0 Å². The quantitative estimate of drug-likeness (QED) is 0.0930. The number of carbonyl (C=O) groups is 1. The molecule has 2 aliphatic rings. The molecular weight excluding hydrogens is 737 g/mol. The molecule has 4 N–H and O–H groups in total. The molecule has 4 aromatic heterocycles. The Hall–Kier alpha value is -4.44. The predicted octanol–water partition coefficient (Wildman–Crippen LogP) is 6.27. The van der Waals surface area contributed by atoms with Gasteiger partial charge in [0, 0.05) is 57.3 Å². The number of hydrogen-bond acceptors (Lipinski definition) is 12. The van der Waals surface area contributed by atoms with Crippen molar-refractivity contribution < 1.29 is 24.5 Å². The number of rotatable bonds is 14. The molecule has 5 heterocycles. The number of thiophene rings is 2. The molecule has 288 valence electrons. The van der Waals surface area contributed by atoms with Gasteiger partial charge in [0.05, 0.1) is 30.4 Å². The molecule has 2 aromatic carbocycles. The van der Waals surface area contributed by atoms with E-state index in [1.165, 1.54) is 17.0 Å². The number of fused-ring (bicyclic) bond motifs is 4. The number of phenolic OH excluding ortho intramolecular Hbond substituents is 1. The Kier molecular flexibility index (Phi) is 11.1. The lowest BCUT2D eigenvalue weighted by Crippen LogP contribution is -2.38. The highest BCUT2D eigenvalue weighted by molar-refractivity contribution is 7.13. The number of aromatic nitrogens is 4. The molecule has 55 heavy (non-hydrogen) atoms. The van der Waals surface area contributed by atoms with Crippen LogP contribution in [0.15, 0.2) is 64.8 Å². The van der Waals surface area contributed by atoms with Crippen LogP contribution in [0.5, 0.6) is 5.75 Å². The van der Waals surface area contributed by atoms with Crippen LogP contribution in [0.1, 0.15) is 81.0 Å². The number of aromatic hydroxyl groups is 1. The first kappa shape index (κ1) is 37.5. The van der Waals surface area contributed by atoms with Crippen molar-refractivity contribution in [2.75, 3.05) is 20.1 Å². The standard InChI is InChI=1S/C41H46N6O6S2/c1-24-6-14-36(55-24)38(35-5-3-18-54-35)41(51)53-27-9-7-26(8-10-27)46(2)16-4-17-47-40-31-23-52-22-30(31)25(19-32(40)44-45-47)20-42-21-34(49)28-11-13-33(48)39-29(28)12-15-37(50)43-39/h3,5-6,11-15,18-19,26-27,34,38,42,48-49H,4,7-10,16-17,20-23H2,1-2H3,(H,43,50)/t26-,27-,34-,38?/m0/s1. The zero-order valence-corrected chi connectivity index (χ0v) is 32.6. The maximum absolute atomic E-state index is 13.5. The molecule has 1 fully saturated rings. The molecule has 0 saturated heterocycles. The molecule has 2 atom stereocenters. The molecule has 1 unspecified atom stereocenters. The number of ether oxygens (including phenoxy) is 2. The molecule has 1 saturated carbocycles. The molecule has 6 aromatic rings. The molecule has 12 nitrogen and oxygen atoms in total. The maximum Gasteiger partial charge on any atom is 0.319 e. The first-order chi connectivity index (χ1) is 26.7. The first-order valence-electron chi connectivity index (χ1n) is 18.9. The van der Waals surface area contributed by atoms with E-state index in [0.29, 0.717) is 42.3 Å². The normalized spacial score (nSPS) is 18.3.